The van der Waals surface area contributed by atoms with E-state index in [9.17, 15) is 21.6 Å². The van der Waals surface area contributed by atoms with Crippen LogP contribution in [0.1, 0.15) is 15.9 Å². The summed E-state index contributed by atoms with van der Waals surface area (Å²) in [5, 5.41) is 2.54. The summed E-state index contributed by atoms with van der Waals surface area (Å²) >= 11 is 0. The molecule has 7 nitrogen and oxygen atoms in total. The monoisotopic (exact) mass is 458 g/mol. The largest absolute Gasteiger partial charge is 0.351 e. The van der Waals surface area contributed by atoms with Crippen LogP contribution in [0.5, 0.6) is 0 Å². The molecule has 0 spiro atoms. The highest BCUT2D eigenvalue weighted by Crippen LogP contribution is 2.17. The summed E-state index contributed by atoms with van der Waals surface area (Å²) in [6.45, 7) is 1.84. The molecule has 0 bridgehead atoms. The average Bonchev–Trinajstić information content (AvgIpc) is 2.76. The van der Waals surface area contributed by atoms with Crippen molar-refractivity contribution in [2.24, 2.45) is 0 Å². The van der Waals surface area contributed by atoms with Gasteiger partial charge in [-0.05, 0) is 55.5 Å². The number of sulfonamides is 1. The molecule has 3 aromatic rings. The third kappa shape index (κ3) is 5.93. The summed E-state index contributed by atoms with van der Waals surface area (Å²) in [6.07, 6.45) is 0. The van der Waals surface area contributed by atoms with E-state index in [4.69, 9.17) is 0 Å². The van der Waals surface area contributed by atoms with E-state index in [1.54, 1.807) is 42.5 Å². The van der Waals surface area contributed by atoms with Gasteiger partial charge in [-0.1, -0.05) is 35.9 Å². The maximum absolute atomic E-state index is 12.5. The number of sulfone groups is 1. The van der Waals surface area contributed by atoms with Crippen LogP contribution in [-0.4, -0.2) is 35.0 Å². The first kappa shape index (κ1) is 22.5. The summed E-state index contributed by atoms with van der Waals surface area (Å²) in [7, 11) is -7.30. The van der Waals surface area contributed by atoms with Crippen molar-refractivity contribution in [2.45, 2.75) is 16.7 Å². The summed E-state index contributed by atoms with van der Waals surface area (Å²) in [5.74, 6) is -0.728. The van der Waals surface area contributed by atoms with Gasteiger partial charge in [0, 0.05) is 17.8 Å². The van der Waals surface area contributed by atoms with Crippen LogP contribution in [0.15, 0.2) is 88.7 Å². The number of aryl methyl sites for hydroxylation is 1. The van der Waals surface area contributed by atoms with E-state index in [2.05, 4.69) is 10.0 Å². The van der Waals surface area contributed by atoms with Gasteiger partial charge in [0.1, 0.15) is 0 Å². The first-order valence-corrected chi connectivity index (χ1v) is 12.6. The van der Waals surface area contributed by atoms with Crippen LogP contribution in [-0.2, 0) is 19.9 Å². The third-order valence-electron chi connectivity index (χ3n) is 4.49. The molecule has 0 aromatic heterocycles. The predicted molar refractivity (Wildman–Crippen MR) is 119 cm³/mol. The smallest absolute Gasteiger partial charge is 0.261 e. The van der Waals surface area contributed by atoms with E-state index >= 15 is 0 Å². The number of rotatable bonds is 8. The number of anilines is 1. The molecular weight excluding hydrogens is 436 g/mol. The summed E-state index contributed by atoms with van der Waals surface area (Å²) in [5.41, 5.74) is 1.67. The predicted octanol–water partition coefficient (Wildman–Crippen LogP) is 3.00. The maximum Gasteiger partial charge on any atom is 0.261 e. The zero-order valence-corrected chi connectivity index (χ0v) is 18.4. The van der Waals surface area contributed by atoms with Crippen LogP contribution in [0.2, 0.25) is 0 Å². The number of benzene rings is 3. The molecule has 0 saturated heterocycles. The van der Waals surface area contributed by atoms with Gasteiger partial charge in [-0.2, -0.15) is 0 Å². The van der Waals surface area contributed by atoms with E-state index in [0.29, 0.717) is 5.69 Å². The summed E-state index contributed by atoms with van der Waals surface area (Å²) in [4.78, 5) is 12.5. The molecule has 1 amide bonds. The third-order valence-corrected chi connectivity index (χ3v) is 7.62. The highest BCUT2D eigenvalue weighted by molar-refractivity contribution is 7.92. The highest BCUT2D eigenvalue weighted by atomic mass is 32.2. The number of hydrogen-bond donors (Lipinski definition) is 2. The molecule has 3 aromatic carbocycles. The number of carbonyl (C=O) groups excluding carboxylic acids is 1. The molecule has 31 heavy (non-hydrogen) atoms. The van der Waals surface area contributed by atoms with Crippen LogP contribution >= 0.6 is 0 Å². The Labute approximate surface area is 182 Å². The van der Waals surface area contributed by atoms with Crippen molar-refractivity contribution in [1.82, 2.24) is 5.32 Å². The Balaban J connectivity index is 1.60. The molecule has 0 aliphatic carbocycles. The fourth-order valence-corrected chi connectivity index (χ4v) is 5.00. The first-order chi connectivity index (χ1) is 14.7. The Kier molecular flexibility index (Phi) is 6.77. The fraction of sp³-hybridized carbons (Fsp3) is 0.136. The van der Waals surface area contributed by atoms with Crippen molar-refractivity contribution in [3.05, 3.63) is 90.0 Å². The van der Waals surface area contributed by atoms with Crippen molar-refractivity contribution in [1.29, 1.82) is 0 Å². The second-order valence-electron chi connectivity index (χ2n) is 6.88. The number of hydrogen-bond acceptors (Lipinski definition) is 5. The van der Waals surface area contributed by atoms with Crippen LogP contribution < -0.4 is 10.0 Å². The minimum Gasteiger partial charge on any atom is -0.351 e. The molecule has 9 heteroatoms. The Morgan fingerprint density at radius 3 is 2.00 bits per heavy atom. The topological polar surface area (TPSA) is 109 Å². The van der Waals surface area contributed by atoms with Crippen molar-refractivity contribution < 1.29 is 21.6 Å². The van der Waals surface area contributed by atoms with Gasteiger partial charge in [0.2, 0.25) is 0 Å². The van der Waals surface area contributed by atoms with E-state index in [0.717, 1.165) is 5.56 Å². The van der Waals surface area contributed by atoms with E-state index in [1.165, 1.54) is 36.4 Å². The van der Waals surface area contributed by atoms with Gasteiger partial charge >= 0.3 is 0 Å². The van der Waals surface area contributed by atoms with Gasteiger partial charge in [-0.15, -0.1) is 0 Å². The van der Waals surface area contributed by atoms with E-state index in [1.807, 2.05) is 6.92 Å². The Morgan fingerprint density at radius 1 is 0.774 bits per heavy atom. The molecule has 0 atom stereocenters. The second kappa shape index (κ2) is 9.32. The fourth-order valence-electron chi connectivity index (χ4n) is 2.77. The molecule has 0 radical (unpaired) electrons. The van der Waals surface area contributed by atoms with Gasteiger partial charge in [0.15, 0.2) is 9.84 Å². The lowest BCUT2D eigenvalue weighted by Crippen LogP contribution is -2.29. The van der Waals surface area contributed by atoms with Gasteiger partial charge < -0.3 is 5.32 Å². The van der Waals surface area contributed by atoms with Crippen molar-refractivity contribution in [3.63, 3.8) is 0 Å². The number of carbonyl (C=O) groups is 1. The SMILES string of the molecule is Cc1ccc(NS(=O)(=O)c2ccc(C(=O)NCCS(=O)(=O)c3ccccc3)cc2)cc1. The van der Waals surface area contributed by atoms with Crippen LogP contribution in [0, 0.1) is 6.92 Å². The summed E-state index contributed by atoms with van der Waals surface area (Å²) < 4.78 is 52.0. The summed E-state index contributed by atoms with van der Waals surface area (Å²) in [6, 6.07) is 20.3. The molecule has 162 valence electrons. The maximum atomic E-state index is 12.5. The quantitative estimate of drug-likeness (QED) is 0.539. The average molecular weight is 459 g/mol. The normalized spacial score (nSPS) is 11.6. The lowest BCUT2D eigenvalue weighted by molar-refractivity contribution is 0.0956. The van der Waals surface area contributed by atoms with Crippen LogP contribution in [0.4, 0.5) is 5.69 Å². The molecule has 3 rings (SSSR count). The van der Waals surface area contributed by atoms with Crippen molar-refractivity contribution in [2.75, 3.05) is 17.0 Å². The molecule has 0 saturated carbocycles. The molecule has 2 N–H and O–H groups in total. The molecule has 0 aliphatic rings. The Morgan fingerprint density at radius 2 is 1.39 bits per heavy atom. The zero-order chi connectivity index (χ0) is 22.5. The minimum absolute atomic E-state index is 0.0104. The van der Waals surface area contributed by atoms with Gasteiger partial charge in [0.25, 0.3) is 15.9 Å². The molecule has 0 heterocycles. The molecular formula is C22H22N2O5S2. The van der Waals surface area contributed by atoms with Crippen molar-refractivity contribution >= 4 is 31.5 Å². The Hall–Kier alpha value is -3.17. The van der Waals surface area contributed by atoms with Gasteiger partial charge in [-0.25, -0.2) is 16.8 Å². The number of amides is 1. The van der Waals surface area contributed by atoms with Gasteiger partial charge in [-0.3, -0.25) is 9.52 Å². The van der Waals surface area contributed by atoms with E-state index in [-0.39, 0.29) is 27.7 Å². The van der Waals surface area contributed by atoms with Crippen LogP contribution in [0.25, 0.3) is 0 Å². The minimum atomic E-state index is -3.80. The molecule has 0 aliphatic heterocycles. The van der Waals surface area contributed by atoms with Crippen molar-refractivity contribution in [3.8, 4) is 0 Å². The Bertz CT molecular complexity index is 1250. The number of nitrogens with one attached hydrogen (secondary N) is 2. The van der Waals surface area contributed by atoms with Gasteiger partial charge in [0.05, 0.1) is 15.5 Å². The molecule has 0 fully saturated rings. The first-order valence-electron chi connectivity index (χ1n) is 9.43. The second-order valence-corrected chi connectivity index (χ2v) is 10.7. The standard InChI is InChI=1S/C22H22N2O5S2/c1-17-7-11-19(12-8-17)24-31(28,29)21-13-9-18(10-14-21)22(25)23-15-16-30(26,27)20-5-3-2-4-6-20/h2-14,24H,15-16H2,1H3,(H,23,25). The van der Waals surface area contributed by atoms with E-state index < -0.39 is 25.8 Å². The highest BCUT2D eigenvalue weighted by Gasteiger charge is 2.17. The lowest BCUT2D eigenvalue weighted by Gasteiger charge is -2.10. The molecule has 0 unspecified atom stereocenters. The lowest BCUT2D eigenvalue weighted by atomic mass is 10.2. The van der Waals surface area contributed by atoms with Crippen LogP contribution in [0.3, 0.4) is 0 Å². The zero-order valence-electron chi connectivity index (χ0n) is 16.8.